The Balaban J connectivity index is 1.70. The molecule has 0 aromatic heterocycles. The van der Waals surface area contributed by atoms with Gasteiger partial charge in [-0.05, 0) is 57.2 Å². The van der Waals surface area contributed by atoms with Crippen molar-refractivity contribution in [2.75, 3.05) is 39.9 Å². The van der Waals surface area contributed by atoms with E-state index >= 15 is 0 Å². The Morgan fingerprint density at radius 3 is 2.61 bits per heavy atom. The van der Waals surface area contributed by atoms with Gasteiger partial charge in [0.2, 0.25) is 0 Å². The summed E-state index contributed by atoms with van der Waals surface area (Å²) in [5.74, 6) is 1.70. The predicted molar refractivity (Wildman–Crippen MR) is 75.8 cm³/mol. The minimum Gasteiger partial charge on any atom is -0.384 e. The van der Waals surface area contributed by atoms with Crippen LogP contribution in [0.2, 0.25) is 0 Å². The van der Waals surface area contributed by atoms with Crippen molar-refractivity contribution >= 4 is 0 Å². The predicted octanol–water partition coefficient (Wildman–Crippen LogP) is 2.12. The van der Waals surface area contributed by atoms with Crippen molar-refractivity contribution in [3.8, 4) is 0 Å². The van der Waals surface area contributed by atoms with Crippen LogP contribution in [0.4, 0.5) is 0 Å². The highest BCUT2D eigenvalue weighted by atomic mass is 16.5. The normalized spacial score (nSPS) is 31.0. The molecule has 0 amide bonds. The zero-order valence-electron chi connectivity index (χ0n) is 12.2. The molecule has 1 saturated carbocycles. The molecule has 2 unspecified atom stereocenters. The number of hydrogen-bond acceptors (Lipinski definition) is 3. The number of rotatable bonds is 6. The average Bonchev–Trinajstić information content (AvgIpc) is 2.80. The number of piperidine rings is 1. The molecule has 1 saturated heterocycles. The van der Waals surface area contributed by atoms with Crippen molar-refractivity contribution < 1.29 is 4.74 Å². The lowest BCUT2D eigenvalue weighted by Crippen LogP contribution is -2.42. The van der Waals surface area contributed by atoms with Gasteiger partial charge in [-0.15, -0.1) is 0 Å². The number of ether oxygens (including phenoxy) is 1. The van der Waals surface area contributed by atoms with Crippen molar-refractivity contribution in [3.63, 3.8) is 0 Å². The van der Waals surface area contributed by atoms with Gasteiger partial charge in [0.05, 0.1) is 0 Å². The van der Waals surface area contributed by atoms with E-state index in [9.17, 15) is 0 Å². The maximum atomic E-state index is 5.27. The SMILES string of the molecule is CCNC1CCCC1CN1CCC(COC)CC1. The van der Waals surface area contributed by atoms with Crippen molar-refractivity contribution in [2.45, 2.75) is 45.1 Å². The molecule has 1 heterocycles. The fraction of sp³-hybridized carbons (Fsp3) is 1.00. The molecule has 0 aromatic rings. The number of nitrogens with zero attached hydrogens (tertiary/aromatic N) is 1. The first kappa shape index (κ1) is 14.3. The summed E-state index contributed by atoms with van der Waals surface area (Å²) in [4.78, 5) is 2.69. The highest BCUT2D eigenvalue weighted by Crippen LogP contribution is 2.28. The van der Waals surface area contributed by atoms with E-state index in [4.69, 9.17) is 4.74 Å². The van der Waals surface area contributed by atoms with Crippen LogP contribution < -0.4 is 5.32 Å². The van der Waals surface area contributed by atoms with Crippen LogP contribution in [0.1, 0.15) is 39.0 Å². The van der Waals surface area contributed by atoms with Crippen LogP contribution in [0.15, 0.2) is 0 Å². The Labute approximate surface area is 112 Å². The van der Waals surface area contributed by atoms with Gasteiger partial charge in [-0.2, -0.15) is 0 Å². The molecule has 0 spiro atoms. The van der Waals surface area contributed by atoms with Crippen LogP contribution >= 0.6 is 0 Å². The molecule has 3 nitrogen and oxygen atoms in total. The van der Waals surface area contributed by atoms with Gasteiger partial charge in [0.25, 0.3) is 0 Å². The minimum atomic E-state index is 0.784. The molecule has 3 heteroatoms. The molecule has 1 aliphatic heterocycles. The Hall–Kier alpha value is -0.120. The maximum absolute atomic E-state index is 5.27. The van der Waals surface area contributed by atoms with E-state index in [1.807, 2.05) is 7.11 Å². The van der Waals surface area contributed by atoms with Crippen molar-refractivity contribution in [3.05, 3.63) is 0 Å². The zero-order chi connectivity index (χ0) is 12.8. The van der Waals surface area contributed by atoms with Crippen LogP contribution in [0.25, 0.3) is 0 Å². The summed E-state index contributed by atoms with van der Waals surface area (Å²) in [5.41, 5.74) is 0. The second kappa shape index (κ2) is 7.46. The minimum absolute atomic E-state index is 0.784. The monoisotopic (exact) mass is 254 g/mol. The van der Waals surface area contributed by atoms with Gasteiger partial charge in [-0.1, -0.05) is 13.3 Å². The summed E-state index contributed by atoms with van der Waals surface area (Å²) < 4.78 is 5.27. The number of likely N-dealkylation sites (tertiary alicyclic amines) is 1. The number of methoxy groups -OCH3 is 1. The maximum Gasteiger partial charge on any atom is 0.0491 e. The molecule has 2 rings (SSSR count). The van der Waals surface area contributed by atoms with Gasteiger partial charge in [0, 0.05) is 26.3 Å². The third kappa shape index (κ3) is 3.94. The molecular formula is C15H30N2O. The fourth-order valence-corrected chi connectivity index (χ4v) is 3.69. The van der Waals surface area contributed by atoms with Gasteiger partial charge in [0.1, 0.15) is 0 Å². The van der Waals surface area contributed by atoms with E-state index in [1.165, 1.54) is 51.7 Å². The van der Waals surface area contributed by atoms with Crippen molar-refractivity contribution in [2.24, 2.45) is 11.8 Å². The summed E-state index contributed by atoms with van der Waals surface area (Å²) in [7, 11) is 1.83. The smallest absolute Gasteiger partial charge is 0.0491 e. The summed E-state index contributed by atoms with van der Waals surface area (Å²) in [6.45, 7) is 8.18. The van der Waals surface area contributed by atoms with Crippen molar-refractivity contribution in [1.29, 1.82) is 0 Å². The standard InChI is InChI=1S/C15H30N2O/c1-3-16-15-6-4-5-14(15)11-17-9-7-13(8-10-17)12-18-2/h13-16H,3-12H2,1-2H3. The van der Waals surface area contributed by atoms with Crippen LogP contribution in [0.5, 0.6) is 0 Å². The molecule has 0 radical (unpaired) electrons. The van der Waals surface area contributed by atoms with Gasteiger partial charge in [0.15, 0.2) is 0 Å². The lowest BCUT2D eigenvalue weighted by atomic mass is 9.95. The van der Waals surface area contributed by atoms with E-state index in [0.717, 1.165) is 31.0 Å². The Kier molecular flexibility index (Phi) is 5.93. The molecule has 18 heavy (non-hydrogen) atoms. The van der Waals surface area contributed by atoms with Crippen LogP contribution in [-0.4, -0.2) is 50.8 Å². The Morgan fingerprint density at radius 1 is 1.17 bits per heavy atom. The molecule has 0 bridgehead atoms. The van der Waals surface area contributed by atoms with E-state index in [2.05, 4.69) is 17.1 Å². The third-order valence-electron chi connectivity index (χ3n) is 4.73. The largest absolute Gasteiger partial charge is 0.384 e. The zero-order valence-corrected chi connectivity index (χ0v) is 12.2. The Bertz CT molecular complexity index is 227. The second-order valence-electron chi connectivity index (χ2n) is 6.05. The quantitative estimate of drug-likeness (QED) is 0.786. The lowest BCUT2D eigenvalue weighted by molar-refractivity contribution is 0.0906. The topological polar surface area (TPSA) is 24.5 Å². The van der Waals surface area contributed by atoms with Crippen molar-refractivity contribution in [1.82, 2.24) is 10.2 Å². The third-order valence-corrected chi connectivity index (χ3v) is 4.73. The first-order chi connectivity index (χ1) is 8.83. The number of nitrogens with one attached hydrogen (secondary N) is 1. The summed E-state index contributed by atoms with van der Waals surface area (Å²) in [6.07, 6.45) is 6.88. The molecule has 2 atom stereocenters. The molecule has 106 valence electrons. The van der Waals surface area contributed by atoms with E-state index in [1.54, 1.807) is 0 Å². The molecule has 2 fully saturated rings. The first-order valence-electron chi connectivity index (χ1n) is 7.78. The molecule has 1 aliphatic carbocycles. The molecule has 1 N–H and O–H groups in total. The molecule has 2 aliphatic rings. The van der Waals surface area contributed by atoms with Gasteiger partial charge in [-0.3, -0.25) is 0 Å². The van der Waals surface area contributed by atoms with Crippen LogP contribution in [0.3, 0.4) is 0 Å². The highest BCUT2D eigenvalue weighted by Gasteiger charge is 2.29. The van der Waals surface area contributed by atoms with E-state index in [0.29, 0.717) is 0 Å². The van der Waals surface area contributed by atoms with E-state index < -0.39 is 0 Å². The summed E-state index contributed by atoms with van der Waals surface area (Å²) in [5, 5.41) is 3.67. The average molecular weight is 254 g/mol. The van der Waals surface area contributed by atoms with Gasteiger partial charge in [-0.25, -0.2) is 0 Å². The van der Waals surface area contributed by atoms with Gasteiger partial charge < -0.3 is 15.0 Å². The fourth-order valence-electron chi connectivity index (χ4n) is 3.69. The summed E-state index contributed by atoms with van der Waals surface area (Å²) in [6, 6.07) is 0.784. The molecular weight excluding hydrogens is 224 g/mol. The van der Waals surface area contributed by atoms with Crippen LogP contribution in [-0.2, 0) is 4.74 Å². The van der Waals surface area contributed by atoms with Crippen LogP contribution in [0, 0.1) is 11.8 Å². The second-order valence-corrected chi connectivity index (χ2v) is 6.05. The molecule has 0 aromatic carbocycles. The highest BCUT2D eigenvalue weighted by molar-refractivity contribution is 4.86. The number of hydrogen-bond donors (Lipinski definition) is 1. The first-order valence-corrected chi connectivity index (χ1v) is 7.78. The van der Waals surface area contributed by atoms with Gasteiger partial charge >= 0.3 is 0 Å². The Morgan fingerprint density at radius 2 is 1.94 bits per heavy atom. The summed E-state index contributed by atoms with van der Waals surface area (Å²) >= 11 is 0. The van der Waals surface area contributed by atoms with E-state index in [-0.39, 0.29) is 0 Å². The lowest BCUT2D eigenvalue weighted by Gasteiger charge is -2.34.